The standard InChI is InChI=1S/C10H11F4NO/c1-2-7(15)8-5(10(12,13)14)3-4-6(11)9(8)16/h3-4,7,16H,2,15H2,1H3/t7-/m1/s1. The summed E-state index contributed by atoms with van der Waals surface area (Å²) in [5.41, 5.74) is 3.75. The SMILES string of the molecule is CC[C@@H](N)c1c(C(F)(F)F)ccc(F)c1O. The first-order chi connectivity index (χ1) is 7.29. The van der Waals surface area contributed by atoms with Crippen LogP contribution in [0.15, 0.2) is 12.1 Å². The van der Waals surface area contributed by atoms with Crippen LogP contribution < -0.4 is 5.73 Å². The predicted octanol–water partition coefficient (Wildman–Crippen LogP) is 2.96. The van der Waals surface area contributed by atoms with Crippen molar-refractivity contribution >= 4 is 0 Å². The van der Waals surface area contributed by atoms with Crippen molar-refractivity contribution in [2.45, 2.75) is 25.6 Å². The Morgan fingerprint density at radius 3 is 2.38 bits per heavy atom. The summed E-state index contributed by atoms with van der Waals surface area (Å²) in [4.78, 5) is 0. The number of alkyl halides is 3. The molecule has 0 saturated heterocycles. The Bertz CT molecular complexity index is 389. The number of hydrogen-bond acceptors (Lipinski definition) is 2. The first kappa shape index (κ1) is 12.8. The molecule has 0 unspecified atom stereocenters. The van der Waals surface area contributed by atoms with Crippen LogP contribution in [0.1, 0.15) is 30.5 Å². The lowest BCUT2D eigenvalue weighted by molar-refractivity contribution is -0.138. The number of phenolic OH excluding ortho intramolecular Hbond substituents is 1. The monoisotopic (exact) mass is 237 g/mol. The van der Waals surface area contributed by atoms with Gasteiger partial charge in [-0.3, -0.25) is 0 Å². The zero-order chi connectivity index (χ0) is 12.5. The molecule has 6 heteroatoms. The lowest BCUT2D eigenvalue weighted by atomic mass is 9.97. The molecule has 0 aliphatic heterocycles. The lowest BCUT2D eigenvalue weighted by Crippen LogP contribution is -2.17. The van der Waals surface area contributed by atoms with Crippen LogP contribution in [0, 0.1) is 5.82 Å². The van der Waals surface area contributed by atoms with Crippen molar-refractivity contribution in [3.63, 3.8) is 0 Å². The fourth-order valence-corrected chi connectivity index (χ4v) is 1.41. The fourth-order valence-electron chi connectivity index (χ4n) is 1.41. The summed E-state index contributed by atoms with van der Waals surface area (Å²) in [7, 11) is 0. The molecule has 90 valence electrons. The third-order valence-electron chi connectivity index (χ3n) is 2.28. The van der Waals surface area contributed by atoms with E-state index in [1.165, 1.54) is 0 Å². The van der Waals surface area contributed by atoms with E-state index in [9.17, 15) is 22.7 Å². The molecule has 0 heterocycles. The molecule has 0 fully saturated rings. The zero-order valence-corrected chi connectivity index (χ0v) is 8.48. The molecule has 0 radical (unpaired) electrons. The number of halogens is 4. The molecule has 1 aromatic carbocycles. The first-order valence-electron chi connectivity index (χ1n) is 4.63. The average Bonchev–Trinajstić information content (AvgIpc) is 2.19. The van der Waals surface area contributed by atoms with Gasteiger partial charge in [-0.25, -0.2) is 4.39 Å². The van der Waals surface area contributed by atoms with E-state index in [4.69, 9.17) is 5.73 Å². The molecule has 0 saturated carbocycles. The van der Waals surface area contributed by atoms with Crippen molar-refractivity contribution in [1.82, 2.24) is 0 Å². The van der Waals surface area contributed by atoms with E-state index in [0.29, 0.717) is 12.1 Å². The fraction of sp³-hybridized carbons (Fsp3) is 0.400. The van der Waals surface area contributed by atoms with E-state index in [1.54, 1.807) is 6.92 Å². The molecule has 1 aromatic rings. The maximum Gasteiger partial charge on any atom is 0.416 e. The van der Waals surface area contributed by atoms with Crippen LogP contribution in [0.25, 0.3) is 0 Å². The number of hydrogen-bond donors (Lipinski definition) is 2. The average molecular weight is 237 g/mol. The molecular weight excluding hydrogens is 226 g/mol. The van der Waals surface area contributed by atoms with Crippen LogP contribution in [0.4, 0.5) is 17.6 Å². The van der Waals surface area contributed by atoms with Gasteiger partial charge >= 0.3 is 6.18 Å². The second-order valence-corrected chi connectivity index (χ2v) is 3.37. The molecule has 0 aliphatic carbocycles. The number of aromatic hydroxyl groups is 1. The van der Waals surface area contributed by atoms with Gasteiger partial charge in [0.15, 0.2) is 11.6 Å². The van der Waals surface area contributed by atoms with Gasteiger partial charge in [-0.2, -0.15) is 13.2 Å². The summed E-state index contributed by atoms with van der Waals surface area (Å²) in [6, 6.07) is 0.108. The third-order valence-corrected chi connectivity index (χ3v) is 2.28. The van der Waals surface area contributed by atoms with E-state index < -0.39 is 34.9 Å². The Morgan fingerprint density at radius 2 is 1.94 bits per heavy atom. The Kier molecular flexibility index (Phi) is 3.42. The Hall–Kier alpha value is -1.30. The van der Waals surface area contributed by atoms with Crippen molar-refractivity contribution in [2.24, 2.45) is 5.73 Å². The van der Waals surface area contributed by atoms with Crippen LogP contribution >= 0.6 is 0 Å². The van der Waals surface area contributed by atoms with Gasteiger partial charge < -0.3 is 10.8 Å². The van der Waals surface area contributed by atoms with Crippen molar-refractivity contribution in [3.8, 4) is 5.75 Å². The van der Waals surface area contributed by atoms with E-state index >= 15 is 0 Å². The Morgan fingerprint density at radius 1 is 1.38 bits per heavy atom. The van der Waals surface area contributed by atoms with Crippen LogP contribution in [-0.4, -0.2) is 5.11 Å². The predicted molar refractivity (Wildman–Crippen MR) is 50.3 cm³/mol. The number of nitrogens with two attached hydrogens (primary N) is 1. The molecule has 0 aliphatic rings. The number of phenols is 1. The van der Waals surface area contributed by atoms with Gasteiger partial charge in [-0.1, -0.05) is 6.92 Å². The zero-order valence-electron chi connectivity index (χ0n) is 8.48. The van der Waals surface area contributed by atoms with Gasteiger partial charge in [0.2, 0.25) is 0 Å². The molecule has 3 N–H and O–H groups in total. The summed E-state index contributed by atoms with van der Waals surface area (Å²) in [6.45, 7) is 1.55. The number of rotatable bonds is 2. The minimum Gasteiger partial charge on any atom is -0.505 e. The minimum absolute atomic E-state index is 0.167. The van der Waals surface area contributed by atoms with E-state index in [1.807, 2.05) is 0 Å². The maximum atomic E-state index is 13.0. The maximum absolute atomic E-state index is 13.0. The summed E-state index contributed by atoms with van der Waals surface area (Å²) >= 11 is 0. The topological polar surface area (TPSA) is 46.2 Å². The Balaban J connectivity index is 3.45. The highest BCUT2D eigenvalue weighted by Crippen LogP contribution is 2.40. The quantitative estimate of drug-likeness (QED) is 0.777. The van der Waals surface area contributed by atoms with Gasteiger partial charge in [0.1, 0.15) is 0 Å². The van der Waals surface area contributed by atoms with Gasteiger partial charge in [-0.15, -0.1) is 0 Å². The second-order valence-electron chi connectivity index (χ2n) is 3.37. The summed E-state index contributed by atoms with van der Waals surface area (Å²) in [5.74, 6) is -2.13. The van der Waals surface area contributed by atoms with Crippen LogP contribution in [0.2, 0.25) is 0 Å². The first-order valence-corrected chi connectivity index (χ1v) is 4.63. The van der Waals surface area contributed by atoms with Crippen LogP contribution in [0.3, 0.4) is 0 Å². The third kappa shape index (κ3) is 2.27. The second kappa shape index (κ2) is 4.29. The van der Waals surface area contributed by atoms with Gasteiger partial charge in [-0.05, 0) is 18.6 Å². The summed E-state index contributed by atoms with van der Waals surface area (Å²) in [6.07, 6.45) is -4.49. The molecular formula is C10H11F4NO. The molecule has 0 bridgehead atoms. The van der Waals surface area contributed by atoms with Crippen molar-refractivity contribution in [3.05, 3.63) is 29.1 Å². The molecule has 0 aromatic heterocycles. The van der Waals surface area contributed by atoms with Crippen molar-refractivity contribution in [2.75, 3.05) is 0 Å². The molecule has 0 spiro atoms. The molecule has 0 amide bonds. The minimum atomic E-state index is -4.66. The molecule has 1 atom stereocenters. The highest BCUT2D eigenvalue weighted by molar-refractivity contribution is 5.44. The van der Waals surface area contributed by atoms with Crippen molar-refractivity contribution < 1.29 is 22.7 Å². The lowest BCUT2D eigenvalue weighted by Gasteiger charge is -2.18. The summed E-state index contributed by atoms with van der Waals surface area (Å²) < 4.78 is 50.7. The smallest absolute Gasteiger partial charge is 0.416 e. The highest BCUT2D eigenvalue weighted by atomic mass is 19.4. The van der Waals surface area contributed by atoms with E-state index in [2.05, 4.69) is 0 Å². The largest absolute Gasteiger partial charge is 0.505 e. The van der Waals surface area contributed by atoms with E-state index in [0.717, 1.165) is 0 Å². The highest BCUT2D eigenvalue weighted by Gasteiger charge is 2.36. The summed E-state index contributed by atoms with van der Waals surface area (Å²) in [5, 5.41) is 9.29. The normalized spacial score (nSPS) is 13.9. The molecule has 2 nitrogen and oxygen atoms in total. The number of benzene rings is 1. The van der Waals surface area contributed by atoms with E-state index in [-0.39, 0.29) is 6.42 Å². The molecule has 1 rings (SSSR count). The van der Waals surface area contributed by atoms with Gasteiger partial charge in [0, 0.05) is 11.6 Å². The molecule has 16 heavy (non-hydrogen) atoms. The Labute approximate surface area is 89.7 Å². The van der Waals surface area contributed by atoms with Crippen LogP contribution in [0.5, 0.6) is 5.75 Å². The van der Waals surface area contributed by atoms with Gasteiger partial charge in [0.05, 0.1) is 5.56 Å². The van der Waals surface area contributed by atoms with Crippen LogP contribution in [-0.2, 0) is 6.18 Å². The van der Waals surface area contributed by atoms with Crippen molar-refractivity contribution in [1.29, 1.82) is 0 Å². The van der Waals surface area contributed by atoms with Gasteiger partial charge in [0.25, 0.3) is 0 Å².